The number of carboxylic acids is 1. The summed E-state index contributed by atoms with van der Waals surface area (Å²) in [6.45, 7) is 3.97. The topological polar surface area (TPSA) is 66.4 Å². The number of hydrogen-bond acceptors (Lipinski definition) is 2. The molecule has 4 heteroatoms. The Hall–Kier alpha value is -1.06. The quantitative estimate of drug-likeness (QED) is 0.698. The Morgan fingerprint density at radius 3 is 2.31 bits per heavy atom. The average Bonchev–Trinajstić information content (AvgIpc) is 2.98. The third-order valence-electron chi connectivity index (χ3n) is 3.24. The normalized spacial score (nSPS) is 18.9. The zero-order valence-electron chi connectivity index (χ0n) is 10.1. The minimum Gasteiger partial charge on any atom is -0.480 e. The predicted molar refractivity (Wildman–Crippen MR) is 61.0 cm³/mol. The lowest BCUT2D eigenvalue weighted by atomic mass is 9.99. The Labute approximate surface area is 96.4 Å². The first kappa shape index (κ1) is 13.0. The maximum Gasteiger partial charge on any atom is 0.326 e. The summed E-state index contributed by atoms with van der Waals surface area (Å²) in [5.41, 5.74) is -0.240. The second-order valence-corrected chi connectivity index (χ2v) is 4.68. The zero-order valence-corrected chi connectivity index (χ0v) is 10.1. The maximum atomic E-state index is 11.9. The van der Waals surface area contributed by atoms with E-state index in [4.69, 9.17) is 5.11 Å². The van der Waals surface area contributed by atoms with Gasteiger partial charge in [-0.2, -0.15) is 0 Å². The van der Waals surface area contributed by atoms with Gasteiger partial charge in [-0.3, -0.25) is 4.79 Å². The largest absolute Gasteiger partial charge is 0.480 e. The van der Waals surface area contributed by atoms with E-state index in [-0.39, 0.29) is 11.3 Å². The Balaban J connectivity index is 2.51. The number of carbonyl (C=O) groups excluding carboxylic acids is 1. The molecule has 1 aliphatic rings. The highest BCUT2D eigenvalue weighted by Gasteiger charge is 2.49. The van der Waals surface area contributed by atoms with E-state index in [1.807, 2.05) is 13.8 Å². The second kappa shape index (κ2) is 5.32. The van der Waals surface area contributed by atoms with Gasteiger partial charge in [0.05, 0.1) is 0 Å². The molecule has 0 aromatic heterocycles. The highest BCUT2D eigenvalue weighted by molar-refractivity contribution is 5.89. The number of rotatable bonds is 7. The van der Waals surface area contributed by atoms with Crippen molar-refractivity contribution in [2.24, 2.45) is 5.41 Å². The molecule has 4 nitrogen and oxygen atoms in total. The van der Waals surface area contributed by atoms with E-state index < -0.39 is 12.0 Å². The monoisotopic (exact) mass is 227 g/mol. The molecule has 16 heavy (non-hydrogen) atoms. The van der Waals surface area contributed by atoms with Crippen LogP contribution in [-0.2, 0) is 9.59 Å². The molecule has 1 rings (SSSR count). The van der Waals surface area contributed by atoms with Crippen molar-refractivity contribution in [1.82, 2.24) is 5.32 Å². The smallest absolute Gasteiger partial charge is 0.326 e. The molecule has 0 saturated heterocycles. The standard InChI is InChI=1S/C12H21NO3/c1-3-5-9(10(14)15)13-11(16)12(6-4-2)7-8-12/h9H,3-8H2,1-2H3,(H,13,16)(H,14,15). The van der Waals surface area contributed by atoms with Crippen molar-refractivity contribution in [1.29, 1.82) is 0 Å². The molecule has 1 unspecified atom stereocenters. The van der Waals surface area contributed by atoms with Crippen molar-refractivity contribution in [3.05, 3.63) is 0 Å². The summed E-state index contributed by atoms with van der Waals surface area (Å²) >= 11 is 0. The van der Waals surface area contributed by atoms with Crippen LogP contribution in [0.15, 0.2) is 0 Å². The molecule has 1 aliphatic carbocycles. The molecule has 0 bridgehead atoms. The zero-order chi connectivity index (χ0) is 12.2. The van der Waals surface area contributed by atoms with Gasteiger partial charge in [-0.05, 0) is 25.7 Å². The van der Waals surface area contributed by atoms with E-state index >= 15 is 0 Å². The van der Waals surface area contributed by atoms with Crippen LogP contribution in [0.2, 0.25) is 0 Å². The predicted octanol–water partition coefficient (Wildman–Crippen LogP) is 1.94. The number of amides is 1. The highest BCUT2D eigenvalue weighted by Crippen LogP contribution is 2.49. The molecule has 0 aromatic rings. The Bertz CT molecular complexity index is 271. The molecule has 0 aliphatic heterocycles. The minimum absolute atomic E-state index is 0.0600. The number of carboxylic acid groups (broad SMARTS) is 1. The molecule has 1 amide bonds. The maximum absolute atomic E-state index is 11.9. The summed E-state index contributed by atoms with van der Waals surface area (Å²) in [4.78, 5) is 22.8. The molecular weight excluding hydrogens is 206 g/mol. The van der Waals surface area contributed by atoms with Gasteiger partial charge in [0.1, 0.15) is 6.04 Å². The fourth-order valence-corrected chi connectivity index (χ4v) is 2.08. The van der Waals surface area contributed by atoms with Crippen LogP contribution in [0.4, 0.5) is 0 Å². The SMILES string of the molecule is CCCC(NC(=O)C1(CCC)CC1)C(=O)O. The summed E-state index contributed by atoms with van der Waals surface area (Å²) < 4.78 is 0. The lowest BCUT2D eigenvalue weighted by molar-refractivity contribution is -0.143. The van der Waals surface area contributed by atoms with Crippen LogP contribution in [0.5, 0.6) is 0 Å². The van der Waals surface area contributed by atoms with Crippen LogP contribution >= 0.6 is 0 Å². The van der Waals surface area contributed by atoms with Crippen molar-refractivity contribution < 1.29 is 14.7 Å². The molecule has 0 spiro atoms. The van der Waals surface area contributed by atoms with E-state index in [1.54, 1.807) is 0 Å². The van der Waals surface area contributed by atoms with Gasteiger partial charge in [-0.1, -0.05) is 26.7 Å². The molecule has 0 heterocycles. The third-order valence-corrected chi connectivity index (χ3v) is 3.24. The lowest BCUT2D eigenvalue weighted by Crippen LogP contribution is -2.44. The molecule has 0 aromatic carbocycles. The molecule has 92 valence electrons. The van der Waals surface area contributed by atoms with Crippen molar-refractivity contribution in [3.8, 4) is 0 Å². The summed E-state index contributed by atoms with van der Waals surface area (Å²) in [6, 6.07) is -0.716. The van der Waals surface area contributed by atoms with Crippen LogP contribution in [0, 0.1) is 5.41 Å². The third kappa shape index (κ3) is 2.97. The summed E-state index contributed by atoms with van der Waals surface area (Å²) in [6.07, 6.45) is 4.92. The second-order valence-electron chi connectivity index (χ2n) is 4.68. The van der Waals surface area contributed by atoms with Gasteiger partial charge in [0.2, 0.25) is 5.91 Å². The van der Waals surface area contributed by atoms with Crippen LogP contribution in [0.3, 0.4) is 0 Å². The average molecular weight is 227 g/mol. The van der Waals surface area contributed by atoms with E-state index in [0.717, 1.165) is 32.1 Å². The van der Waals surface area contributed by atoms with E-state index in [0.29, 0.717) is 6.42 Å². The van der Waals surface area contributed by atoms with Crippen molar-refractivity contribution >= 4 is 11.9 Å². The fourth-order valence-electron chi connectivity index (χ4n) is 2.08. The van der Waals surface area contributed by atoms with Crippen molar-refractivity contribution in [2.75, 3.05) is 0 Å². The van der Waals surface area contributed by atoms with Crippen LogP contribution < -0.4 is 5.32 Å². The first-order valence-corrected chi connectivity index (χ1v) is 6.09. The molecule has 1 saturated carbocycles. The number of carbonyl (C=O) groups is 2. The summed E-state index contributed by atoms with van der Waals surface area (Å²) in [5, 5.41) is 11.6. The first-order chi connectivity index (χ1) is 7.55. The number of hydrogen-bond donors (Lipinski definition) is 2. The fraction of sp³-hybridized carbons (Fsp3) is 0.833. The Morgan fingerprint density at radius 2 is 1.94 bits per heavy atom. The van der Waals surface area contributed by atoms with Gasteiger partial charge in [-0.15, -0.1) is 0 Å². The molecule has 2 N–H and O–H groups in total. The van der Waals surface area contributed by atoms with E-state index in [2.05, 4.69) is 5.32 Å². The Kier molecular flexibility index (Phi) is 4.33. The van der Waals surface area contributed by atoms with Crippen molar-refractivity contribution in [2.45, 2.75) is 58.4 Å². The number of aliphatic carboxylic acids is 1. The summed E-state index contributed by atoms with van der Waals surface area (Å²) in [7, 11) is 0. The van der Waals surface area contributed by atoms with E-state index in [9.17, 15) is 9.59 Å². The lowest BCUT2D eigenvalue weighted by Gasteiger charge is -2.18. The van der Waals surface area contributed by atoms with Gasteiger partial charge in [0, 0.05) is 5.41 Å². The summed E-state index contributed by atoms with van der Waals surface area (Å²) in [5.74, 6) is -0.988. The highest BCUT2D eigenvalue weighted by atomic mass is 16.4. The van der Waals surface area contributed by atoms with Gasteiger partial charge in [0.25, 0.3) is 0 Å². The van der Waals surface area contributed by atoms with Gasteiger partial charge in [-0.25, -0.2) is 4.79 Å². The Morgan fingerprint density at radius 1 is 1.31 bits per heavy atom. The minimum atomic E-state index is -0.928. The van der Waals surface area contributed by atoms with Crippen LogP contribution in [-0.4, -0.2) is 23.0 Å². The van der Waals surface area contributed by atoms with Gasteiger partial charge >= 0.3 is 5.97 Å². The van der Waals surface area contributed by atoms with Gasteiger partial charge in [0.15, 0.2) is 0 Å². The van der Waals surface area contributed by atoms with Crippen LogP contribution in [0.25, 0.3) is 0 Å². The molecule has 1 atom stereocenters. The molecule has 0 radical (unpaired) electrons. The molecule has 1 fully saturated rings. The van der Waals surface area contributed by atoms with Crippen molar-refractivity contribution in [3.63, 3.8) is 0 Å². The van der Waals surface area contributed by atoms with E-state index in [1.165, 1.54) is 0 Å². The number of nitrogens with one attached hydrogen (secondary N) is 1. The van der Waals surface area contributed by atoms with Crippen LogP contribution in [0.1, 0.15) is 52.4 Å². The molecular formula is C12H21NO3. The van der Waals surface area contributed by atoms with Gasteiger partial charge < -0.3 is 10.4 Å². The first-order valence-electron chi connectivity index (χ1n) is 6.09.